The molecule has 0 spiro atoms. The number of carbonyl (C=O) groups is 3. The van der Waals surface area contributed by atoms with Gasteiger partial charge in [-0.3, -0.25) is 14.7 Å². The Bertz CT molecular complexity index is 2140. The number of H-pyrrole nitrogens is 2. The molecule has 4 N–H and O–H groups in total. The van der Waals surface area contributed by atoms with Crippen LogP contribution in [0.5, 0.6) is 0 Å². The van der Waals surface area contributed by atoms with Gasteiger partial charge in [0.1, 0.15) is 17.7 Å². The molecule has 3 aromatic heterocycles. The van der Waals surface area contributed by atoms with Gasteiger partial charge in [-0.15, -0.1) is 0 Å². The molecule has 3 unspecified atom stereocenters. The smallest absolute Gasteiger partial charge is 0.407 e. The van der Waals surface area contributed by atoms with Gasteiger partial charge in [0.25, 0.3) is 0 Å². The predicted molar refractivity (Wildman–Crippen MR) is 220 cm³/mol. The maximum absolute atomic E-state index is 13.5. The first-order valence-electron chi connectivity index (χ1n) is 19.8. The number of hydrogen-bond acceptors (Lipinski definition) is 9. The Balaban J connectivity index is 1.18. The van der Waals surface area contributed by atoms with Crippen LogP contribution in [-0.2, 0) is 20.8 Å². The Kier molecular flexibility index (Phi) is 13.2. The quantitative estimate of drug-likeness (QED) is 0.0851. The summed E-state index contributed by atoms with van der Waals surface area (Å²) in [6.45, 7) is 12.5. The van der Waals surface area contributed by atoms with Gasteiger partial charge in [-0.05, 0) is 66.5 Å². The van der Waals surface area contributed by atoms with Gasteiger partial charge in [0, 0.05) is 36.3 Å². The third-order valence-corrected chi connectivity index (χ3v) is 10.7. The zero-order valence-electron chi connectivity index (χ0n) is 34.0. The number of hydrogen-bond donors (Lipinski definition) is 4. The van der Waals surface area contributed by atoms with E-state index in [1.54, 1.807) is 11.1 Å². The summed E-state index contributed by atoms with van der Waals surface area (Å²) in [5, 5.41) is 6.71. The van der Waals surface area contributed by atoms with Crippen LogP contribution in [0, 0.1) is 11.8 Å². The van der Waals surface area contributed by atoms with Crippen molar-refractivity contribution in [3.63, 3.8) is 0 Å². The zero-order valence-corrected chi connectivity index (χ0v) is 34.0. The van der Waals surface area contributed by atoms with Crippen LogP contribution in [0.25, 0.3) is 44.5 Å². The molecule has 5 aromatic rings. The van der Waals surface area contributed by atoms with Crippen LogP contribution in [0.3, 0.4) is 0 Å². The SMILES string of the molecule is CCCN(Cc1ncc(-c2ccc(-c3ccc(-c4cnc(C5CCCN5CC(NC(=O)OC)C(C)C)[nH]4)c4ncccc34)cc2)[nH]1)C(=O)C(NC(=O)OC)C(C)C. The van der Waals surface area contributed by atoms with Crippen molar-refractivity contribution in [1.82, 2.24) is 45.4 Å². The number of alkyl carbamates (subject to hydrolysis) is 2. The van der Waals surface area contributed by atoms with Crippen molar-refractivity contribution in [3.8, 4) is 33.6 Å². The topological polar surface area (TPSA) is 170 Å². The third kappa shape index (κ3) is 9.45. The summed E-state index contributed by atoms with van der Waals surface area (Å²) in [4.78, 5) is 62.9. The van der Waals surface area contributed by atoms with Gasteiger partial charge < -0.3 is 35.0 Å². The van der Waals surface area contributed by atoms with Crippen LogP contribution in [-0.4, -0.2) is 98.8 Å². The molecule has 1 aliphatic rings. The van der Waals surface area contributed by atoms with E-state index in [1.165, 1.54) is 14.2 Å². The summed E-state index contributed by atoms with van der Waals surface area (Å²) in [5.41, 5.74) is 6.67. The molecule has 14 nitrogen and oxygen atoms in total. The monoisotopic (exact) mass is 777 g/mol. The number of benzene rings is 2. The van der Waals surface area contributed by atoms with Crippen LogP contribution >= 0.6 is 0 Å². The summed E-state index contributed by atoms with van der Waals surface area (Å²) < 4.78 is 9.64. The standard InChI is InChI=1S/C43H55N9O5/c1-8-20-52(41(53)38(27(4)5)50-43(55)57-7)25-37-45-22-33(47-37)29-15-13-28(14-16-29)30-17-18-32(39-31(30)11-9-19-44-39)34-23-46-40(48-34)36-12-10-21-51(36)24-35(26(2)3)49-42(54)56-6/h9,11,13-19,22-23,26-27,35-36,38H,8,10,12,20-21,24-25H2,1-7H3,(H,45,47)(H,46,48)(H,49,54)(H,50,55). The highest BCUT2D eigenvalue weighted by Crippen LogP contribution is 2.37. The molecule has 302 valence electrons. The highest BCUT2D eigenvalue weighted by molar-refractivity contribution is 6.02. The normalized spacial score (nSPS) is 15.5. The zero-order chi connectivity index (χ0) is 40.6. The van der Waals surface area contributed by atoms with Crippen molar-refractivity contribution in [2.45, 2.75) is 78.6 Å². The number of aromatic nitrogens is 5. The molecule has 0 aliphatic carbocycles. The van der Waals surface area contributed by atoms with E-state index < -0.39 is 18.2 Å². The molecule has 3 amide bonds. The van der Waals surface area contributed by atoms with Crippen molar-refractivity contribution in [2.24, 2.45) is 11.8 Å². The molecule has 1 aliphatic heterocycles. The first kappa shape index (κ1) is 40.9. The van der Waals surface area contributed by atoms with E-state index in [4.69, 9.17) is 19.4 Å². The number of methoxy groups -OCH3 is 2. The second-order valence-corrected chi connectivity index (χ2v) is 15.3. The van der Waals surface area contributed by atoms with Gasteiger partial charge in [-0.1, -0.05) is 71.0 Å². The summed E-state index contributed by atoms with van der Waals surface area (Å²) in [6.07, 6.45) is 7.25. The number of nitrogens with one attached hydrogen (secondary N) is 4. The first-order chi connectivity index (χ1) is 27.5. The van der Waals surface area contributed by atoms with E-state index in [1.807, 2.05) is 39.2 Å². The summed E-state index contributed by atoms with van der Waals surface area (Å²) in [6, 6.07) is 16.0. The van der Waals surface area contributed by atoms with Gasteiger partial charge >= 0.3 is 12.2 Å². The van der Waals surface area contributed by atoms with Gasteiger partial charge in [0.05, 0.1) is 56.1 Å². The van der Waals surface area contributed by atoms with E-state index in [2.05, 4.69) is 86.8 Å². The summed E-state index contributed by atoms with van der Waals surface area (Å²) >= 11 is 0. The van der Waals surface area contributed by atoms with Gasteiger partial charge in [0.15, 0.2) is 0 Å². The van der Waals surface area contributed by atoms with E-state index in [-0.39, 0.29) is 36.4 Å². The van der Waals surface area contributed by atoms with Gasteiger partial charge in [0.2, 0.25) is 5.91 Å². The Morgan fingerprint density at radius 1 is 0.860 bits per heavy atom. The number of aromatic amines is 2. The van der Waals surface area contributed by atoms with E-state index in [0.717, 1.165) is 76.2 Å². The highest BCUT2D eigenvalue weighted by atomic mass is 16.5. The highest BCUT2D eigenvalue weighted by Gasteiger charge is 2.32. The molecule has 0 radical (unpaired) electrons. The lowest BCUT2D eigenvalue weighted by Crippen LogP contribution is -2.51. The Hall–Kier alpha value is -5.76. The molecule has 1 fully saturated rings. The molecule has 14 heteroatoms. The number of nitrogens with zero attached hydrogens (tertiary/aromatic N) is 5. The molecule has 57 heavy (non-hydrogen) atoms. The Labute approximate surface area is 334 Å². The number of ether oxygens (including phenoxy) is 2. The minimum absolute atomic E-state index is 0.0418. The Morgan fingerprint density at radius 2 is 1.56 bits per heavy atom. The lowest BCUT2D eigenvalue weighted by atomic mass is 9.96. The lowest BCUT2D eigenvalue weighted by molar-refractivity contribution is -0.135. The molecule has 0 bridgehead atoms. The lowest BCUT2D eigenvalue weighted by Gasteiger charge is -2.30. The van der Waals surface area contributed by atoms with Crippen molar-refractivity contribution in [1.29, 1.82) is 0 Å². The molecule has 3 atom stereocenters. The maximum atomic E-state index is 13.5. The van der Waals surface area contributed by atoms with E-state index in [0.29, 0.717) is 18.9 Å². The molecule has 1 saturated heterocycles. The van der Waals surface area contributed by atoms with E-state index in [9.17, 15) is 14.4 Å². The fourth-order valence-electron chi connectivity index (χ4n) is 7.56. The van der Waals surface area contributed by atoms with Crippen LogP contribution in [0.1, 0.15) is 71.6 Å². The van der Waals surface area contributed by atoms with Crippen LogP contribution in [0.15, 0.2) is 67.1 Å². The molecular weight excluding hydrogens is 723 g/mol. The van der Waals surface area contributed by atoms with Gasteiger partial charge in [-0.25, -0.2) is 19.6 Å². The Morgan fingerprint density at radius 3 is 2.26 bits per heavy atom. The summed E-state index contributed by atoms with van der Waals surface area (Å²) in [5.74, 6) is 1.51. The van der Waals surface area contributed by atoms with Crippen molar-refractivity contribution in [3.05, 3.63) is 78.8 Å². The first-order valence-corrected chi connectivity index (χ1v) is 19.8. The second kappa shape index (κ2) is 18.5. The number of pyridine rings is 1. The average Bonchev–Trinajstić information content (AvgIpc) is 4.00. The number of amides is 3. The minimum atomic E-state index is -0.710. The van der Waals surface area contributed by atoms with Crippen molar-refractivity contribution >= 4 is 29.0 Å². The number of imidazole rings is 2. The third-order valence-electron chi connectivity index (χ3n) is 10.7. The molecular formula is C43H55N9O5. The number of carbonyl (C=O) groups excluding carboxylic acids is 3. The van der Waals surface area contributed by atoms with Crippen molar-refractivity contribution in [2.75, 3.05) is 33.9 Å². The fraction of sp³-hybridized carbons (Fsp3) is 0.442. The fourth-order valence-corrected chi connectivity index (χ4v) is 7.56. The minimum Gasteiger partial charge on any atom is -0.453 e. The average molecular weight is 778 g/mol. The largest absolute Gasteiger partial charge is 0.453 e. The molecule has 4 heterocycles. The van der Waals surface area contributed by atoms with Crippen molar-refractivity contribution < 1.29 is 23.9 Å². The predicted octanol–water partition coefficient (Wildman–Crippen LogP) is 7.32. The van der Waals surface area contributed by atoms with Gasteiger partial charge in [-0.2, -0.15) is 0 Å². The van der Waals surface area contributed by atoms with Crippen LogP contribution in [0.2, 0.25) is 0 Å². The number of fused-ring (bicyclic) bond motifs is 1. The summed E-state index contributed by atoms with van der Waals surface area (Å²) in [7, 11) is 2.68. The van der Waals surface area contributed by atoms with E-state index >= 15 is 0 Å². The number of likely N-dealkylation sites (tertiary alicyclic amines) is 1. The van der Waals surface area contributed by atoms with Crippen LogP contribution < -0.4 is 10.6 Å². The maximum Gasteiger partial charge on any atom is 0.407 e. The molecule has 6 rings (SSSR count). The van der Waals surface area contributed by atoms with Crippen LogP contribution in [0.4, 0.5) is 9.59 Å². The number of rotatable bonds is 15. The second-order valence-electron chi connectivity index (χ2n) is 15.3. The molecule has 2 aromatic carbocycles. The molecule has 0 saturated carbocycles.